The van der Waals surface area contributed by atoms with Gasteiger partial charge in [-0.1, -0.05) is 18.0 Å². The Bertz CT molecular complexity index is 584. The highest BCUT2D eigenvalue weighted by Gasteiger charge is 2.31. The summed E-state index contributed by atoms with van der Waals surface area (Å²) in [5.41, 5.74) is 1.52. The van der Waals surface area contributed by atoms with Crippen LogP contribution in [0, 0.1) is 17.2 Å². The van der Waals surface area contributed by atoms with E-state index >= 15 is 0 Å². The molecule has 1 saturated heterocycles. The maximum Gasteiger partial charge on any atom is 0.225 e. The molecule has 1 aromatic carbocycles. The third-order valence-electron chi connectivity index (χ3n) is 4.48. The van der Waals surface area contributed by atoms with Crippen molar-refractivity contribution in [2.24, 2.45) is 5.92 Å². The predicted octanol–water partition coefficient (Wildman–Crippen LogP) is 2.66. The van der Waals surface area contributed by atoms with Gasteiger partial charge in [-0.05, 0) is 31.0 Å². The highest BCUT2D eigenvalue weighted by atomic mass is 35.5. The lowest BCUT2D eigenvalue weighted by Crippen LogP contribution is -2.51. The summed E-state index contributed by atoms with van der Waals surface area (Å²) in [5, 5.41) is 9.39. The lowest BCUT2D eigenvalue weighted by Gasteiger charge is -2.39. The molecule has 3 rings (SSSR count). The van der Waals surface area contributed by atoms with Crippen LogP contribution in [0.5, 0.6) is 0 Å². The molecule has 0 radical (unpaired) electrons. The molecule has 21 heavy (non-hydrogen) atoms. The molecule has 1 aliphatic carbocycles. The Labute approximate surface area is 129 Å². The highest BCUT2D eigenvalue weighted by Crippen LogP contribution is 2.29. The second-order valence-corrected chi connectivity index (χ2v) is 6.12. The topological polar surface area (TPSA) is 47.3 Å². The molecular weight excluding hydrogens is 286 g/mol. The van der Waals surface area contributed by atoms with Gasteiger partial charge in [-0.2, -0.15) is 5.26 Å². The number of anilines is 1. The normalized spacial score (nSPS) is 19.0. The molecule has 5 heteroatoms. The van der Waals surface area contributed by atoms with Crippen LogP contribution >= 0.6 is 11.6 Å². The van der Waals surface area contributed by atoms with Gasteiger partial charge in [0, 0.05) is 37.8 Å². The molecule has 0 unspecified atom stereocenters. The summed E-state index contributed by atoms with van der Waals surface area (Å²) >= 11 is 6.08. The van der Waals surface area contributed by atoms with Gasteiger partial charge in [0.05, 0.1) is 10.6 Å². The fourth-order valence-electron chi connectivity index (χ4n) is 2.89. The average Bonchev–Trinajstić information content (AvgIpc) is 2.45. The number of piperazine rings is 1. The quantitative estimate of drug-likeness (QED) is 0.844. The number of rotatable bonds is 2. The molecule has 0 atom stereocenters. The number of hydrogen-bond acceptors (Lipinski definition) is 3. The van der Waals surface area contributed by atoms with E-state index in [2.05, 4.69) is 11.0 Å². The summed E-state index contributed by atoms with van der Waals surface area (Å²) in [7, 11) is 0. The molecule has 1 aliphatic heterocycles. The van der Waals surface area contributed by atoms with E-state index in [9.17, 15) is 4.79 Å². The summed E-state index contributed by atoms with van der Waals surface area (Å²) in [6, 6.07) is 7.58. The molecule has 0 N–H and O–H groups in total. The number of nitrogens with zero attached hydrogens (tertiary/aromatic N) is 3. The molecule has 0 bridgehead atoms. The zero-order valence-corrected chi connectivity index (χ0v) is 12.6. The Morgan fingerprint density at radius 3 is 2.48 bits per heavy atom. The molecule has 0 spiro atoms. The molecule has 2 fully saturated rings. The van der Waals surface area contributed by atoms with Crippen molar-refractivity contribution < 1.29 is 4.79 Å². The number of halogens is 1. The van der Waals surface area contributed by atoms with E-state index < -0.39 is 0 Å². The first-order valence-electron chi connectivity index (χ1n) is 7.42. The van der Waals surface area contributed by atoms with Gasteiger partial charge in [-0.15, -0.1) is 0 Å². The van der Waals surface area contributed by atoms with E-state index in [1.165, 1.54) is 6.42 Å². The zero-order valence-electron chi connectivity index (χ0n) is 11.9. The molecule has 2 aliphatic rings. The first-order chi connectivity index (χ1) is 10.2. The highest BCUT2D eigenvalue weighted by molar-refractivity contribution is 6.32. The van der Waals surface area contributed by atoms with Crippen molar-refractivity contribution in [3.8, 4) is 6.07 Å². The van der Waals surface area contributed by atoms with Crippen LogP contribution in [0.1, 0.15) is 24.8 Å². The van der Waals surface area contributed by atoms with Crippen LogP contribution in [0.2, 0.25) is 5.02 Å². The van der Waals surface area contributed by atoms with Crippen molar-refractivity contribution in [1.29, 1.82) is 5.26 Å². The second kappa shape index (κ2) is 5.95. The van der Waals surface area contributed by atoms with E-state index in [-0.39, 0.29) is 5.92 Å². The Morgan fingerprint density at radius 2 is 1.95 bits per heavy atom. The van der Waals surface area contributed by atoms with Crippen LogP contribution in [-0.4, -0.2) is 37.0 Å². The SMILES string of the molecule is N#Cc1ccc(N2CCN(C(=O)C3CCC3)CC2)cc1Cl. The van der Waals surface area contributed by atoms with E-state index in [4.69, 9.17) is 16.9 Å². The van der Waals surface area contributed by atoms with Crippen molar-refractivity contribution in [2.45, 2.75) is 19.3 Å². The fourth-order valence-corrected chi connectivity index (χ4v) is 3.11. The number of carbonyl (C=O) groups is 1. The molecule has 1 amide bonds. The lowest BCUT2D eigenvalue weighted by atomic mass is 9.84. The first-order valence-corrected chi connectivity index (χ1v) is 7.80. The van der Waals surface area contributed by atoms with Crippen LogP contribution in [0.4, 0.5) is 5.69 Å². The minimum atomic E-state index is 0.279. The maximum atomic E-state index is 12.2. The van der Waals surface area contributed by atoms with Crippen LogP contribution in [0.3, 0.4) is 0 Å². The van der Waals surface area contributed by atoms with Crippen LogP contribution in [0.25, 0.3) is 0 Å². The van der Waals surface area contributed by atoms with Gasteiger partial charge in [-0.3, -0.25) is 4.79 Å². The number of hydrogen-bond donors (Lipinski definition) is 0. The summed E-state index contributed by atoms with van der Waals surface area (Å²) in [6.07, 6.45) is 3.31. The molecule has 1 heterocycles. The number of benzene rings is 1. The van der Waals surface area contributed by atoms with Gasteiger partial charge < -0.3 is 9.80 Å². The van der Waals surface area contributed by atoms with E-state index in [0.717, 1.165) is 44.7 Å². The van der Waals surface area contributed by atoms with Gasteiger partial charge in [0.15, 0.2) is 0 Å². The van der Waals surface area contributed by atoms with E-state index in [0.29, 0.717) is 16.5 Å². The third kappa shape index (κ3) is 2.84. The monoisotopic (exact) mass is 303 g/mol. The summed E-state index contributed by atoms with van der Waals surface area (Å²) in [5.74, 6) is 0.611. The Hall–Kier alpha value is -1.73. The van der Waals surface area contributed by atoms with Crippen molar-refractivity contribution in [1.82, 2.24) is 4.90 Å². The van der Waals surface area contributed by atoms with Crippen molar-refractivity contribution in [2.75, 3.05) is 31.1 Å². The maximum absolute atomic E-state index is 12.2. The Balaban J connectivity index is 1.61. The molecule has 0 aromatic heterocycles. The van der Waals surface area contributed by atoms with Gasteiger partial charge in [0.2, 0.25) is 5.91 Å². The summed E-state index contributed by atoms with van der Waals surface area (Å²) in [6.45, 7) is 3.18. The minimum Gasteiger partial charge on any atom is -0.368 e. The predicted molar refractivity (Wildman–Crippen MR) is 82.3 cm³/mol. The van der Waals surface area contributed by atoms with Gasteiger partial charge >= 0.3 is 0 Å². The Kier molecular flexibility index (Phi) is 4.03. The molecular formula is C16H18ClN3O. The van der Waals surface area contributed by atoms with Crippen LogP contribution in [0.15, 0.2) is 18.2 Å². The average molecular weight is 304 g/mol. The number of carbonyl (C=O) groups excluding carboxylic acids is 1. The van der Waals surface area contributed by atoms with E-state index in [1.54, 1.807) is 6.07 Å². The van der Waals surface area contributed by atoms with Gasteiger partial charge in [0.1, 0.15) is 6.07 Å². The van der Waals surface area contributed by atoms with Crippen LogP contribution < -0.4 is 4.90 Å². The van der Waals surface area contributed by atoms with Crippen molar-refractivity contribution >= 4 is 23.2 Å². The number of amides is 1. The minimum absolute atomic E-state index is 0.279. The van der Waals surface area contributed by atoms with Crippen molar-refractivity contribution in [3.05, 3.63) is 28.8 Å². The van der Waals surface area contributed by atoms with E-state index in [1.807, 2.05) is 17.0 Å². The van der Waals surface area contributed by atoms with Crippen molar-refractivity contribution in [3.63, 3.8) is 0 Å². The fraction of sp³-hybridized carbons (Fsp3) is 0.500. The largest absolute Gasteiger partial charge is 0.368 e. The third-order valence-corrected chi connectivity index (χ3v) is 4.80. The molecule has 4 nitrogen and oxygen atoms in total. The summed E-state index contributed by atoms with van der Waals surface area (Å²) in [4.78, 5) is 16.4. The standard InChI is InChI=1S/C16H18ClN3O/c17-15-10-14(5-4-13(15)11-18)19-6-8-20(9-7-19)16(21)12-2-1-3-12/h4-5,10,12H,1-3,6-9H2. The second-order valence-electron chi connectivity index (χ2n) is 5.72. The lowest BCUT2D eigenvalue weighted by molar-refractivity contribution is -0.138. The molecule has 110 valence electrons. The smallest absolute Gasteiger partial charge is 0.225 e. The van der Waals surface area contributed by atoms with Crippen LogP contribution in [-0.2, 0) is 4.79 Å². The first kappa shape index (κ1) is 14.2. The number of nitriles is 1. The zero-order chi connectivity index (χ0) is 14.8. The van der Waals surface area contributed by atoms with Gasteiger partial charge in [-0.25, -0.2) is 0 Å². The van der Waals surface area contributed by atoms with Gasteiger partial charge in [0.25, 0.3) is 0 Å². The Morgan fingerprint density at radius 1 is 1.24 bits per heavy atom. The molecule has 1 saturated carbocycles. The molecule has 1 aromatic rings. The summed E-state index contributed by atoms with van der Waals surface area (Å²) < 4.78 is 0.